The molecule has 0 radical (unpaired) electrons. The van der Waals surface area contributed by atoms with Crippen LogP contribution in [0.25, 0.3) is 0 Å². The molecule has 0 aromatic heterocycles. The molecule has 8 heteroatoms. The molecule has 5 nitrogen and oxygen atoms in total. The molecule has 22 heavy (non-hydrogen) atoms. The number of nitrogens with zero attached hydrogens (tertiary/aromatic N) is 1. The van der Waals surface area contributed by atoms with Crippen molar-refractivity contribution in [3.8, 4) is 0 Å². The van der Waals surface area contributed by atoms with Gasteiger partial charge in [0.1, 0.15) is 0 Å². The van der Waals surface area contributed by atoms with Crippen molar-refractivity contribution in [2.24, 2.45) is 0 Å². The van der Waals surface area contributed by atoms with Gasteiger partial charge >= 0.3 is 0 Å². The Balaban J connectivity index is 2.86. The molecule has 0 fully saturated rings. The van der Waals surface area contributed by atoms with E-state index in [0.29, 0.717) is 30.4 Å². The maximum Gasteiger partial charge on any atom is 0.162 e. The predicted octanol–water partition coefficient (Wildman–Crippen LogP) is 1.02. The fourth-order valence-electron chi connectivity index (χ4n) is 1.88. The van der Waals surface area contributed by atoms with Crippen LogP contribution < -0.4 is 10.0 Å². The summed E-state index contributed by atoms with van der Waals surface area (Å²) in [5, 5.41) is 9.17. The van der Waals surface area contributed by atoms with Crippen LogP contribution in [0.3, 0.4) is 0 Å². The van der Waals surface area contributed by atoms with Crippen molar-refractivity contribution in [2.45, 2.75) is 17.9 Å². The summed E-state index contributed by atoms with van der Waals surface area (Å²) in [6.45, 7) is 2.38. The molecule has 124 valence electrons. The lowest BCUT2D eigenvalue weighted by Crippen LogP contribution is -2.39. The Morgan fingerprint density at radius 3 is 2.09 bits per heavy atom. The van der Waals surface area contributed by atoms with Gasteiger partial charge in [-0.25, -0.2) is 8.42 Å². The van der Waals surface area contributed by atoms with E-state index in [0.717, 1.165) is 12.6 Å². The molecular weight excluding hydrogens is 349 g/mol. The Labute approximate surface area is 140 Å². The lowest BCUT2D eigenvalue weighted by atomic mass is 10.2. The van der Waals surface area contributed by atoms with E-state index in [1.165, 1.54) is 0 Å². The lowest BCUT2D eigenvalue weighted by molar-refractivity contribution is -0.304. The maximum absolute atomic E-state index is 11.9. The first-order valence-corrected chi connectivity index (χ1v) is 9.48. The molecule has 0 N–H and O–H groups in total. The number of carbonyl (C=O) groups excluding carboxylic acids is 1. The summed E-state index contributed by atoms with van der Waals surface area (Å²) in [6, 6.07) is 6.86. The summed E-state index contributed by atoms with van der Waals surface area (Å²) in [6.07, 6.45) is 0. The highest BCUT2D eigenvalue weighted by atomic mass is 35.5. The normalized spacial score (nSPS) is 12.9. The minimum atomic E-state index is -3.78. The van der Waals surface area contributed by atoms with Crippen molar-refractivity contribution >= 4 is 44.7 Å². The van der Waals surface area contributed by atoms with Crippen LogP contribution >= 0.6 is 23.2 Å². The van der Waals surface area contributed by atoms with Crippen LogP contribution in [-0.2, 0) is 20.4 Å². The number of carboxylic acids is 1. The Morgan fingerprint density at radius 1 is 1.18 bits per heavy atom. The third-order valence-electron chi connectivity index (χ3n) is 3.25. The van der Waals surface area contributed by atoms with E-state index in [1.54, 1.807) is 24.3 Å². The van der Waals surface area contributed by atoms with Crippen LogP contribution in [-0.4, -0.2) is 44.5 Å². The molecule has 0 aliphatic rings. The van der Waals surface area contributed by atoms with Crippen molar-refractivity contribution in [2.75, 3.05) is 29.7 Å². The number of hydrogen-bond donors (Lipinski definition) is 0. The van der Waals surface area contributed by atoms with Gasteiger partial charge in [-0.15, -0.1) is 23.2 Å². The molecule has 0 bridgehead atoms. The number of hydrogen-bond acceptors (Lipinski definition) is 5. The van der Waals surface area contributed by atoms with Gasteiger partial charge in [-0.2, -0.15) is 0 Å². The van der Waals surface area contributed by atoms with E-state index >= 15 is 0 Å². The fraction of sp³-hybridized carbons (Fsp3) is 0.500. The standard InChI is InChI=1S/C14H19Cl2NO4S/c1-11(14(18)19)22(20,21)10-12-2-4-13(5-3-12)17(8-6-15)9-7-16/h2-5,11H,6-10H2,1H3,(H,18,19)/p-1. The van der Waals surface area contributed by atoms with Gasteiger partial charge in [-0.1, -0.05) is 12.1 Å². The highest BCUT2D eigenvalue weighted by Crippen LogP contribution is 2.18. The summed E-state index contributed by atoms with van der Waals surface area (Å²) in [4.78, 5) is 12.7. The number of alkyl halides is 2. The van der Waals surface area contributed by atoms with E-state index in [4.69, 9.17) is 23.2 Å². The number of halogens is 2. The van der Waals surface area contributed by atoms with Gasteiger partial charge in [0.05, 0.1) is 17.0 Å². The Morgan fingerprint density at radius 2 is 1.68 bits per heavy atom. The van der Waals surface area contributed by atoms with E-state index in [2.05, 4.69) is 0 Å². The van der Waals surface area contributed by atoms with Gasteiger partial charge in [0.2, 0.25) is 0 Å². The summed E-state index contributed by atoms with van der Waals surface area (Å²) in [5.41, 5.74) is 1.41. The monoisotopic (exact) mass is 366 g/mol. The first-order valence-electron chi connectivity index (χ1n) is 6.70. The van der Waals surface area contributed by atoms with E-state index in [1.807, 2.05) is 4.90 Å². The molecule has 0 aliphatic heterocycles. The third kappa shape index (κ3) is 5.34. The molecule has 1 aromatic carbocycles. The van der Waals surface area contributed by atoms with Gasteiger partial charge in [0.15, 0.2) is 9.84 Å². The molecule has 0 aliphatic carbocycles. The van der Waals surface area contributed by atoms with Crippen molar-refractivity contribution < 1.29 is 18.3 Å². The van der Waals surface area contributed by atoms with Gasteiger partial charge in [-0.3, -0.25) is 0 Å². The van der Waals surface area contributed by atoms with Crippen LogP contribution in [0.15, 0.2) is 24.3 Å². The first kappa shape index (κ1) is 19.1. The molecule has 0 saturated carbocycles. The second-order valence-electron chi connectivity index (χ2n) is 4.80. The minimum absolute atomic E-state index is 0.340. The minimum Gasteiger partial charge on any atom is -0.549 e. The van der Waals surface area contributed by atoms with E-state index in [9.17, 15) is 18.3 Å². The van der Waals surface area contributed by atoms with Gasteiger partial charge in [0, 0.05) is 30.5 Å². The number of benzene rings is 1. The highest BCUT2D eigenvalue weighted by Gasteiger charge is 2.22. The summed E-state index contributed by atoms with van der Waals surface area (Å²) >= 11 is 11.5. The van der Waals surface area contributed by atoms with Crippen molar-refractivity contribution in [3.63, 3.8) is 0 Å². The van der Waals surface area contributed by atoms with Crippen LogP contribution in [0.2, 0.25) is 0 Å². The molecule has 1 rings (SSSR count). The Bertz CT molecular complexity index is 583. The van der Waals surface area contributed by atoms with Crippen molar-refractivity contribution in [3.05, 3.63) is 29.8 Å². The Hall–Kier alpha value is -0.980. The number of anilines is 1. The molecular formula is C14H18Cl2NO4S-. The number of aliphatic carboxylic acids is 1. The summed E-state index contributed by atoms with van der Waals surface area (Å²) in [5.74, 6) is -1.02. The first-order chi connectivity index (χ1) is 10.3. The summed E-state index contributed by atoms with van der Waals surface area (Å²) in [7, 11) is -3.78. The molecule has 0 amide bonds. The second-order valence-corrected chi connectivity index (χ2v) is 7.88. The molecule has 0 saturated heterocycles. The smallest absolute Gasteiger partial charge is 0.162 e. The highest BCUT2D eigenvalue weighted by molar-refractivity contribution is 7.91. The molecule has 1 atom stereocenters. The largest absolute Gasteiger partial charge is 0.549 e. The van der Waals surface area contributed by atoms with Gasteiger partial charge in [-0.05, 0) is 24.6 Å². The van der Waals surface area contributed by atoms with E-state index in [-0.39, 0.29) is 5.75 Å². The maximum atomic E-state index is 11.9. The zero-order valence-corrected chi connectivity index (χ0v) is 14.5. The number of sulfone groups is 1. The lowest BCUT2D eigenvalue weighted by Gasteiger charge is -2.23. The molecule has 1 unspecified atom stereocenters. The number of carbonyl (C=O) groups is 1. The zero-order chi connectivity index (χ0) is 16.8. The third-order valence-corrected chi connectivity index (χ3v) is 5.59. The average Bonchev–Trinajstić information content (AvgIpc) is 2.46. The van der Waals surface area contributed by atoms with Crippen LogP contribution in [0.1, 0.15) is 12.5 Å². The fourth-order valence-corrected chi connectivity index (χ4v) is 3.49. The second kappa shape index (κ2) is 8.60. The molecule has 0 spiro atoms. The zero-order valence-electron chi connectivity index (χ0n) is 12.2. The van der Waals surface area contributed by atoms with Crippen LogP contribution in [0.4, 0.5) is 5.69 Å². The van der Waals surface area contributed by atoms with Crippen molar-refractivity contribution in [1.29, 1.82) is 0 Å². The quantitative estimate of drug-likeness (QED) is 0.609. The predicted molar refractivity (Wildman–Crippen MR) is 87.2 cm³/mol. The topological polar surface area (TPSA) is 77.5 Å². The average molecular weight is 367 g/mol. The van der Waals surface area contributed by atoms with Crippen molar-refractivity contribution in [1.82, 2.24) is 0 Å². The SMILES string of the molecule is CC(C(=O)[O-])S(=O)(=O)Cc1ccc(N(CCCl)CCCl)cc1. The van der Waals surface area contributed by atoms with Crippen LogP contribution in [0.5, 0.6) is 0 Å². The van der Waals surface area contributed by atoms with E-state index < -0.39 is 21.1 Å². The molecule has 1 aromatic rings. The number of carboxylic acid groups (broad SMARTS) is 1. The van der Waals surface area contributed by atoms with Crippen LogP contribution in [0, 0.1) is 0 Å². The number of rotatable bonds is 9. The van der Waals surface area contributed by atoms with Gasteiger partial charge in [0.25, 0.3) is 0 Å². The van der Waals surface area contributed by atoms with Gasteiger partial charge < -0.3 is 14.8 Å². The summed E-state index contributed by atoms with van der Waals surface area (Å²) < 4.78 is 23.8. The Kier molecular flexibility index (Phi) is 7.45. The molecule has 0 heterocycles.